The standard InChI is InChI=1S/C14H20N2OS/c1-11(8-15)9-18-10-14(17)16-7-6-12-4-2-3-5-13(12)16/h2-5,11H,6-10,15H2,1H3. The Labute approximate surface area is 113 Å². The fourth-order valence-electron chi connectivity index (χ4n) is 2.09. The van der Waals surface area contributed by atoms with Crippen molar-refractivity contribution in [1.82, 2.24) is 0 Å². The van der Waals surface area contributed by atoms with E-state index in [0.29, 0.717) is 18.2 Å². The van der Waals surface area contributed by atoms with Crippen molar-refractivity contribution in [3.05, 3.63) is 29.8 Å². The first kappa shape index (κ1) is 13.4. The lowest BCUT2D eigenvalue weighted by Gasteiger charge is -2.17. The molecule has 1 heterocycles. The van der Waals surface area contributed by atoms with Crippen LogP contribution in [0.25, 0.3) is 0 Å². The van der Waals surface area contributed by atoms with E-state index in [2.05, 4.69) is 13.0 Å². The van der Waals surface area contributed by atoms with Crippen molar-refractivity contribution in [3.63, 3.8) is 0 Å². The number of carbonyl (C=O) groups excluding carboxylic acids is 1. The molecule has 0 aromatic heterocycles. The SMILES string of the molecule is CC(CN)CSCC(=O)N1CCc2ccccc21. The number of anilines is 1. The molecule has 1 amide bonds. The van der Waals surface area contributed by atoms with Gasteiger partial charge in [0.15, 0.2) is 0 Å². The summed E-state index contributed by atoms with van der Waals surface area (Å²) in [7, 11) is 0. The Morgan fingerprint density at radius 3 is 3.06 bits per heavy atom. The Hall–Kier alpha value is -1.00. The molecule has 3 nitrogen and oxygen atoms in total. The van der Waals surface area contributed by atoms with Gasteiger partial charge < -0.3 is 10.6 Å². The Kier molecular flexibility index (Phi) is 4.66. The molecule has 0 fully saturated rings. The topological polar surface area (TPSA) is 46.3 Å². The number of para-hydroxylation sites is 1. The van der Waals surface area contributed by atoms with Crippen molar-refractivity contribution in [2.24, 2.45) is 11.7 Å². The van der Waals surface area contributed by atoms with E-state index in [0.717, 1.165) is 24.4 Å². The van der Waals surface area contributed by atoms with Gasteiger partial charge in [-0.15, -0.1) is 0 Å². The number of hydrogen-bond acceptors (Lipinski definition) is 3. The molecule has 2 rings (SSSR count). The summed E-state index contributed by atoms with van der Waals surface area (Å²) in [6.45, 7) is 3.63. The van der Waals surface area contributed by atoms with Crippen LogP contribution in [0.1, 0.15) is 12.5 Å². The van der Waals surface area contributed by atoms with Crippen molar-refractivity contribution in [2.75, 3.05) is 29.5 Å². The minimum absolute atomic E-state index is 0.217. The highest BCUT2D eigenvalue weighted by molar-refractivity contribution is 7.99. The van der Waals surface area contributed by atoms with Gasteiger partial charge in [0.1, 0.15) is 0 Å². The van der Waals surface area contributed by atoms with Gasteiger partial charge in [-0.3, -0.25) is 4.79 Å². The maximum Gasteiger partial charge on any atom is 0.236 e. The highest BCUT2D eigenvalue weighted by atomic mass is 32.2. The summed E-state index contributed by atoms with van der Waals surface area (Å²) < 4.78 is 0. The third-order valence-corrected chi connectivity index (χ3v) is 4.47. The smallest absolute Gasteiger partial charge is 0.236 e. The van der Waals surface area contributed by atoms with E-state index >= 15 is 0 Å². The van der Waals surface area contributed by atoms with Gasteiger partial charge in [0, 0.05) is 12.2 Å². The van der Waals surface area contributed by atoms with Gasteiger partial charge in [-0.2, -0.15) is 11.8 Å². The number of rotatable bonds is 5. The van der Waals surface area contributed by atoms with E-state index in [4.69, 9.17) is 5.73 Å². The predicted molar refractivity (Wildman–Crippen MR) is 78.0 cm³/mol. The maximum atomic E-state index is 12.2. The summed E-state index contributed by atoms with van der Waals surface area (Å²) in [6, 6.07) is 8.16. The van der Waals surface area contributed by atoms with Gasteiger partial charge in [0.2, 0.25) is 5.91 Å². The Morgan fingerprint density at radius 1 is 1.50 bits per heavy atom. The summed E-state index contributed by atoms with van der Waals surface area (Å²) >= 11 is 1.68. The first-order valence-corrected chi connectivity index (χ1v) is 7.54. The highest BCUT2D eigenvalue weighted by Crippen LogP contribution is 2.28. The first-order chi connectivity index (χ1) is 8.72. The fraction of sp³-hybridized carbons (Fsp3) is 0.500. The number of carbonyl (C=O) groups is 1. The normalized spacial score (nSPS) is 15.6. The second-order valence-corrected chi connectivity index (χ2v) is 5.81. The molecule has 0 spiro atoms. The minimum Gasteiger partial charge on any atom is -0.330 e. The molecule has 1 aromatic rings. The van der Waals surface area contributed by atoms with Crippen LogP contribution < -0.4 is 10.6 Å². The van der Waals surface area contributed by atoms with E-state index in [-0.39, 0.29) is 5.91 Å². The van der Waals surface area contributed by atoms with Gasteiger partial charge >= 0.3 is 0 Å². The van der Waals surface area contributed by atoms with Crippen LogP contribution in [-0.2, 0) is 11.2 Å². The molecule has 0 saturated carbocycles. The average Bonchev–Trinajstić information content (AvgIpc) is 2.82. The molecule has 2 N–H and O–H groups in total. The zero-order valence-electron chi connectivity index (χ0n) is 10.8. The van der Waals surface area contributed by atoms with Crippen molar-refractivity contribution in [1.29, 1.82) is 0 Å². The molecular weight excluding hydrogens is 244 g/mol. The van der Waals surface area contributed by atoms with Crippen molar-refractivity contribution < 1.29 is 4.79 Å². The van der Waals surface area contributed by atoms with E-state index in [1.807, 2.05) is 23.1 Å². The van der Waals surface area contributed by atoms with Gasteiger partial charge in [-0.05, 0) is 36.3 Å². The quantitative estimate of drug-likeness (QED) is 0.883. The van der Waals surface area contributed by atoms with Gasteiger partial charge in [0.25, 0.3) is 0 Å². The number of amides is 1. The van der Waals surface area contributed by atoms with Crippen molar-refractivity contribution >= 4 is 23.4 Å². The zero-order valence-corrected chi connectivity index (χ0v) is 11.6. The Balaban J connectivity index is 1.88. The Morgan fingerprint density at radius 2 is 2.28 bits per heavy atom. The lowest BCUT2D eigenvalue weighted by Crippen LogP contribution is -2.30. The average molecular weight is 264 g/mol. The third-order valence-electron chi connectivity index (χ3n) is 3.22. The summed E-state index contributed by atoms with van der Waals surface area (Å²) in [5, 5.41) is 0. The number of hydrogen-bond donors (Lipinski definition) is 1. The van der Waals surface area contributed by atoms with Crippen LogP contribution in [0.2, 0.25) is 0 Å². The largest absolute Gasteiger partial charge is 0.330 e. The summed E-state index contributed by atoms with van der Waals surface area (Å²) in [4.78, 5) is 14.1. The fourth-order valence-corrected chi connectivity index (χ4v) is 3.08. The van der Waals surface area contributed by atoms with Crippen LogP contribution >= 0.6 is 11.8 Å². The minimum atomic E-state index is 0.217. The zero-order chi connectivity index (χ0) is 13.0. The monoisotopic (exact) mass is 264 g/mol. The molecule has 1 unspecified atom stereocenters. The molecular formula is C14H20N2OS. The molecule has 98 valence electrons. The highest BCUT2D eigenvalue weighted by Gasteiger charge is 2.23. The summed E-state index contributed by atoms with van der Waals surface area (Å²) in [5.74, 6) is 2.21. The summed E-state index contributed by atoms with van der Waals surface area (Å²) in [5.41, 5.74) is 7.94. The van der Waals surface area contributed by atoms with Crippen molar-refractivity contribution in [2.45, 2.75) is 13.3 Å². The second-order valence-electron chi connectivity index (χ2n) is 4.78. The maximum absolute atomic E-state index is 12.2. The predicted octanol–water partition coefficient (Wildman–Crippen LogP) is 1.90. The van der Waals surface area contributed by atoms with Crippen LogP contribution in [0.4, 0.5) is 5.69 Å². The molecule has 1 aromatic carbocycles. The van der Waals surface area contributed by atoms with Gasteiger partial charge in [0.05, 0.1) is 5.75 Å². The van der Waals surface area contributed by atoms with Crippen LogP contribution in [0, 0.1) is 5.92 Å². The molecule has 0 aliphatic carbocycles. The van der Waals surface area contributed by atoms with Crippen LogP contribution in [-0.4, -0.2) is 30.5 Å². The molecule has 0 radical (unpaired) electrons. The number of nitrogens with zero attached hydrogens (tertiary/aromatic N) is 1. The number of nitrogens with two attached hydrogens (primary N) is 1. The van der Waals surface area contributed by atoms with E-state index in [1.54, 1.807) is 11.8 Å². The number of fused-ring (bicyclic) bond motifs is 1. The molecule has 1 aliphatic rings. The number of benzene rings is 1. The van der Waals surface area contributed by atoms with Crippen molar-refractivity contribution in [3.8, 4) is 0 Å². The van der Waals surface area contributed by atoms with Crippen LogP contribution in [0.15, 0.2) is 24.3 Å². The van der Waals surface area contributed by atoms with Crippen LogP contribution in [0.3, 0.4) is 0 Å². The Bertz CT molecular complexity index is 422. The van der Waals surface area contributed by atoms with E-state index in [1.165, 1.54) is 5.56 Å². The molecule has 0 bridgehead atoms. The molecule has 1 atom stereocenters. The third kappa shape index (κ3) is 3.06. The van der Waals surface area contributed by atoms with Gasteiger partial charge in [-0.1, -0.05) is 25.1 Å². The number of thioether (sulfide) groups is 1. The van der Waals surface area contributed by atoms with Gasteiger partial charge in [-0.25, -0.2) is 0 Å². The van der Waals surface area contributed by atoms with E-state index < -0.39 is 0 Å². The molecule has 18 heavy (non-hydrogen) atoms. The van der Waals surface area contributed by atoms with Crippen LogP contribution in [0.5, 0.6) is 0 Å². The first-order valence-electron chi connectivity index (χ1n) is 6.38. The second kappa shape index (κ2) is 6.25. The molecule has 1 aliphatic heterocycles. The molecule has 0 saturated heterocycles. The van der Waals surface area contributed by atoms with E-state index in [9.17, 15) is 4.79 Å². The summed E-state index contributed by atoms with van der Waals surface area (Å²) in [6.07, 6.45) is 0.978. The lowest BCUT2D eigenvalue weighted by atomic mass is 10.2. The molecule has 4 heteroatoms. The lowest BCUT2D eigenvalue weighted by molar-refractivity contribution is -0.116.